The number of rotatable bonds is 1. The van der Waals surface area contributed by atoms with E-state index in [1.54, 1.807) is 0 Å². The Labute approximate surface area is 118 Å². The van der Waals surface area contributed by atoms with Gasteiger partial charge in [0.1, 0.15) is 0 Å². The van der Waals surface area contributed by atoms with Crippen molar-refractivity contribution in [3.63, 3.8) is 0 Å². The number of nitrogens with zero attached hydrogens (tertiary/aromatic N) is 1. The first-order valence-electron chi connectivity index (χ1n) is 6.94. The van der Waals surface area contributed by atoms with E-state index in [9.17, 15) is 0 Å². The lowest BCUT2D eigenvalue weighted by Crippen LogP contribution is -2.29. The molecule has 0 bridgehead atoms. The molecular formula is C18H16N2. The van der Waals surface area contributed by atoms with Gasteiger partial charge in [0.05, 0.1) is 6.04 Å². The van der Waals surface area contributed by atoms with Crippen LogP contribution >= 0.6 is 0 Å². The van der Waals surface area contributed by atoms with E-state index < -0.39 is 0 Å². The van der Waals surface area contributed by atoms with E-state index in [-0.39, 0.29) is 0 Å². The van der Waals surface area contributed by atoms with E-state index in [1.165, 1.54) is 22.5 Å². The van der Waals surface area contributed by atoms with Crippen molar-refractivity contribution in [1.82, 2.24) is 0 Å². The second-order valence-electron chi connectivity index (χ2n) is 5.31. The lowest BCUT2D eigenvalue weighted by atomic mass is 9.94. The van der Waals surface area contributed by atoms with Gasteiger partial charge in [-0.3, -0.25) is 0 Å². The first-order chi connectivity index (χ1) is 9.84. The highest BCUT2D eigenvalue weighted by Gasteiger charge is 2.35. The van der Waals surface area contributed by atoms with Gasteiger partial charge >= 0.3 is 0 Å². The quantitative estimate of drug-likeness (QED) is 0.844. The van der Waals surface area contributed by atoms with Crippen molar-refractivity contribution in [1.29, 1.82) is 0 Å². The molecule has 1 unspecified atom stereocenters. The zero-order chi connectivity index (χ0) is 13.5. The first-order valence-corrected chi connectivity index (χ1v) is 6.94. The molecule has 1 aliphatic carbocycles. The molecule has 0 amide bonds. The van der Waals surface area contributed by atoms with Crippen LogP contribution in [0.1, 0.15) is 12.0 Å². The van der Waals surface area contributed by atoms with E-state index >= 15 is 0 Å². The van der Waals surface area contributed by atoms with Crippen LogP contribution in [0.25, 0.3) is 5.57 Å². The molecule has 0 spiro atoms. The number of nitrogens with two attached hydrogens (primary N) is 1. The number of allylic oxidation sites excluding steroid dienone is 2. The van der Waals surface area contributed by atoms with Gasteiger partial charge < -0.3 is 10.6 Å². The molecule has 98 valence electrons. The smallest absolute Gasteiger partial charge is 0.0652 e. The molecule has 1 heterocycles. The molecule has 1 atom stereocenters. The predicted octanol–water partition coefficient (Wildman–Crippen LogP) is 3.84. The minimum Gasteiger partial charge on any atom is -0.402 e. The molecule has 4 rings (SSSR count). The maximum Gasteiger partial charge on any atom is 0.0652 e. The number of fused-ring (bicyclic) bond motifs is 3. The summed E-state index contributed by atoms with van der Waals surface area (Å²) in [5.74, 6) is 0. The zero-order valence-corrected chi connectivity index (χ0v) is 11.2. The van der Waals surface area contributed by atoms with Gasteiger partial charge in [-0.1, -0.05) is 42.5 Å². The number of anilines is 2. The SMILES string of the molecule is NC1=CC=C2c3ccccc3N(c3ccccc3)C2C1. The highest BCUT2D eigenvalue weighted by molar-refractivity contribution is 5.93. The van der Waals surface area contributed by atoms with Crippen molar-refractivity contribution in [3.05, 3.63) is 78.0 Å². The van der Waals surface area contributed by atoms with E-state index in [0.29, 0.717) is 6.04 Å². The van der Waals surface area contributed by atoms with Gasteiger partial charge in [0.15, 0.2) is 0 Å². The third-order valence-corrected chi connectivity index (χ3v) is 4.09. The summed E-state index contributed by atoms with van der Waals surface area (Å²) in [6.07, 6.45) is 5.10. The summed E-state index contributed by atoms with van der Waals surface area (Å²) in [5, 5.41) is 0. The lowest BCUT2D eigenvalue weighted by molar-refractivity contribution is 0.790. The predicted molar refractivity (Wildman–Crippen MR) is 83.7 cm³/mol. The molecule has 2 heteroatoms. The van der Waals surface area contributed by atoms with E-state index in [4.69, 9.17) is 5.73 Å². The lowest BCUT2D eigenvalue weighted by Gasteiger charge is -2.29. The van der Waals surface area contributed by atoms with Crippen LogP contribution in [0.4, 0.5) is 11.4 Å². The van der Waals surface area contributed by atoms with Gasteiger partial charge in [0.25, 0.3) is 0 Å². The average Bonchev–Trinajstić information content (AvgIpc) is 2.81. The summed E-state index contributed by atoms with van der Waals surface area (Å²) in [5.41, 5.74) is 12.2. The molecule has 0 radical (unpaired) electrons. The Hall–Kier alpha value is -2.48. The topological polar surface area (TPSA) is 29.3 Å². The van der Waals surface area contributed by atoms with Gasteiger partial charge in [-0.25, -0.2) is 0 Å². The minimum atomic E-state index is 0.319. The van der Waals surface area contributed by atoms with E-state index in [1.807, 2.05) is 6.08 Å². The van der Waals surface area contributed by atoms with Gasteiger partial charge in [0, 0.05) is 29.1 Å². The number of hydrogen-bond donors (Lipinski definition) is 1. The fraction of sp³-hybridized carbons (Fsp3) is 0.111. The zero-order valence-electron chi connectivity index (χ0n) is 11.2. The Kier molecular flexibility index (Phi) is 2.43. The maximum absolute atomic E-state index is 6.06. The second kappa shape index (κ2) is 4.27. The highest BCUT2D eigenvalue weighted by atomic mass is 15.2. The molecule has 0 saturated carbocycles. The van der Waals surface area contributed by atoms with E-state index in [2.05, 4.69) is 65.6 Å². The number of hydrogen-bond acceptors (Lipinski definition) is 2. The van der Waals surface area contributed by atoms with Crippen LogP contribution < -0.4 is 10.6 Å². The molecular weight excluding hydrogens is 244 g/mol. The van der Waals surface area contributed by atoms with Crippen molar-refractivity contribution in [3.8, 4) is 0 Å². The molecule has 2 aromatic carbocycles. The normalized spacial score (nSPS) is 20.0. The Balaban J connectivity index is 1.92. The number of para-hydroxylation sites is 2. The van der Waals surface area contributed by atoms with Crippen molar-refractivity contribution in [2.45, 2.75) is 12.5 Å². The Morgan fingerprint density at radius 1 is 0.900 bits per heavy atom. The van der Waals surface area contributed by atoms with Crippen LogP contribution in [0.5, 0.6) is 0 Å². The van der Waals surface area contributed by atoms with Crippen molar-refractivity contribution >= 4 is 16.9 Å². The largest absolute Gasteiger partial charge is 0.402 e. The highest BCUT2D eigenvalue weighted by Crippen LogP contribution is 2.47. The maximum atomic E-state index is 6.06. The molecule has 2 nitrogen and oxygen atoms in total. The van der Waals surface area contributed by atoms with Crippen molar-refractivity contribution in [2.75, 3.05) is 4.90 Å². The standard InChI is InChI=1S/C18H16N2/c19-13-10-11-16-15-8-4-5-9-17(15)20(18(16)12-13)14-6-2-1-3-7-14/h1-11,18H,12,19H2. The van der Waals surface area contributed by atoms with Crippen LogP contribution in [0, 0.1) is 0 Å². The van der Waals surface area contributed by atoms with Crippen molar-refractivity contribution < 1.29 is 0 Å². The van der Waals surface area contributed by atoms with Gasteiger partial charge in [-0.2, -0.15) is 0 Å². The third-order valence-electron chi connectivity index (χ3n) is 4.09. The third kappa shape index (κ3) is 1.58. The fourth-order valence-corrected chi connectivity index (χ4v) is 3.21. The molecule has 0 fully saturated rings. The summed E-state index contributed by atoms with van der Waals surface area (Å²) in [4.78, 5) is 2.40. The van der Waals surface area contributed by atoms with Crippen molar-refractivity contribution in [2.24, 2.45) is 5.73 Å². The first kappa shape index (κ1) is 11.4. The molecule has 2 aliphatic rings. The Morgan fingerprint density at radius 3 is 2.50 bits per heavy atom. The minimum absolute atomic E-state index is 0.319. The number of benzene rings is 2. The van der Waals surface area contributed by atoms with Crippen LogP contribution in [0.3, 0.4) is 0 Å². The van der Waals surface area contributed by atoms with Crippen LogP contribution in [-0.2, 0) is 0 Å². The van der Waals surface area contributed by atoms with Crippen LogP contribution in [0.2, 0.25) is 0 Å². The van der Waals surface area contributed by atoms with Crippen LogP contribution in [-0.4, -0.2) is 6.04 Å². The van der Waals surface area contributed by atoms with Gasteiger partial charge in [-0.05, 0) is 29.8 Å². The average molecular weight is 260 g/mol. The summed E-state index contributed by atoms with van der Waals surface area (Å²) < 4.78 is 0. The van der Waals surface area contributed by atoms with E-state index in [0.717, 1.165) is 12.1 Å². The second-order valence-corrected chi connectivity index (χ2v) is 5.31. The van der Waals surface area contributed by atoms with Crippen LogP contribution in [0.15, 0.2) is 72.4 Å². The Bertz CT molecular complexity index is 713. The van der Waals surface area contributed by atoms with Gasteiger partial charge in [-0.15, -0.1) is 0 Å². The molecule has 2 N–H and O–H groups in total. The molecule has 20 heavy (non-hydrogen) atoms. The molecule has 1 aliphatic heterocycles. The fourth-order valence-electron chi connectivity index (χ4n) is 3.21. The molecule has 0 saturated heterocycles. The summed E-state index contributed by atoms with van der Waals surface area (Å²) >= 11 is 0. The monoisotopic (exact) mass is 260 g/mol. The summed E-state index contributed by atoms with van der Waals surface area (Å²) in [7, 11) is 0. The van der Waals surface area contributed by atoms with Gasteiger partial charge in [0.2, 0.25) is 0 Å². The Morgan fingerprint density at radius 2 is 1.65 bits per heavy atom. The molecule has 0 aromatic heterocycles. The summed E-state index contributed by atoms with van der Waals surface area (Å²) in [6, 6.07) is 19.5. The molecule has 2 aromatic rings. The summed E-state index contributed by atoms with van der Waals surface area (Å²) in [6.45, 7) is 0.